The van der Waals surface area contributed by atoms with Gasteiger partial charge in [-0.3, -0.25) is 9.69 Å². The molecule has 3 atom stereocenters. The van der Waals surface area contributed by atoms with Crippen molar-refractivity contribution in [1.82, 2.24) is 4.90 Å². The second-order valence-electron chi connectivity index (χ2n) is 7.99. The fourth-order valence-corrected chi connectivity index (χ4v) is 5.25. The summed E-state index contributed by atoms with van der Waals surface area (Å²) < 4.78 is 0. The summed E-state index contributed by atoms with van der Waals surface area (Å²) in [5, 5.41) is 0. The van der Waals surface area contributed by atoms with Crippen LogP contribution >= 0.6 is 0 Å². The Morgan fingerprint density at radius 2 is 2.17 bits per heavy atom. The molecule has 3 aliphatic rings. The molecule has 2 N–H and O–H groups in total. The molecule has 1 aliphatic heterocycles. The third-order valence-corrected chi connectivity index (χ3v) is 6.94. The number of primary amides is 1. The normalized spacial score (nSPS) is 33.3. The molecule has 23 heavy (non-hydrogen) atoms. The van der Waals surface area contributed by atoms with Gasteiger partial charge in [-0.1, -0.05) is 19.9 Å². The lowest BCUT2D eigenvalue weighted by Crippen LogP contribution is -2.59. The van der Waals surface area contributed by atoms with E-state index < -0.39 is 0 Å². The molecular weight excluding hydrogens is 284 g/mol. The van der Waals surface area contributed by atoms with Gasteiger partial charge in [0.05, 0.1) is 0 Å². The summed E-state index contributed by atoms with van der Waals surface area (Å²) in [5.41, 5.74) is 9.28. The van der Waals surface area contributed by atoms with Crippen molar-refractivity contribution in [2.45, 2.75) is 57.4 Å². The van der Waals surface area contributed by atoms with Gasteiger partial charge in [0.25, 0.3) is 0 Å². The van der Waals surface area contributed by atoms with Crippen molar-refractivity contribution in [3.05, 3.63) is 34.9 Å². The number of benzene rings is 1. The van der Waals surface area contributed by atoms with Gasteiger partial charge in [0.2, 0.25) is 5.91 Å². The van der Waals surface area contributed by atoms with E-state index in [2.05, 4.69) is 30.9 Å². The first kappa shape index (κ1) is 15.2. The molecule has 1 aromatic carbocycles. The molecule has 124 valence electrons. The smallest absolute Gasteiger partial charge is 0.248 e. The van der Waals surface area contributed by atoms with Crippen LogP contribution in [0, 0.1) is 11.8 Å². The van der Waals surface area contributed by atoms with Crippen molar-refractivity contribution < 1.29 is 4.79 Å². The molecule has 2 aliphatic carbocycles. The Morgan fingerprint density at radius 1 is 1.39 bits per heavy atom. The quantitative estimate of drug-likeness (QED) is 0.928. The molecule has 0 spiro atoms. The highest BCUT2D eigenvalue weighted by molar-refractivity contribution is 5.93. The summed E-state index contributed by atoms with van der Waals surface area (Å²) >= 11 is 0. The van der Waals surface area contributed by atoms with Crippen LogP contribution in [0.2, 0.25) is 0 Å². The summed E-state index contributed by atoms with van der Waals surface area (Å²) in [6.45, 7) is 7.26. The molecule has 3 heteroatoms. The number of hydrogen-bond acceptors (Lipinski definition) is 2. The van der Waals surface area contributed by atoms with Crippen molar-refractivity contribution in [2.24, 2.45) is 17.6 Å². The SMILES string of the molecule is CC[C@]12CCN(CC3CC3)[C@H](Cc3ccc(C(N)=O)cc31)C2C. The number of carbonyl (C=O) groups excluding carboxylic acids is 1. The molecule has 1 unspecified atom stereocenters. The zero-order valence-electron chi connectivity index (χ0n) is 14.3. The standard InChI is InChI=1S/C20H28N2O/c1-3-20-8-9-22(12-14-4-5-14)18(13(20)2)11-15-6-7-16(19(21)23)10-17(15)20/h6-7,10,13-14,18H,3-5,8-9,11-12H2,1-2H3,(H2,21,23)/t13?,18-,20-/m1/s1. The van der Waals surface area contributed by atoms with Gasteiger partial charge in [-0.25, -0.2) is 0 Å². The van der Waals surface area contributed by atoms with E-state index >= 15 is 0 Å². The average Bonchev–Trinajstić information content (AvgIpc) is 3.34. The van der Waals surface area contributed by atoms with Crippen LogP contribution in [0.1, 0.15) is 61.0 Å². The van der Waals surface area contributed by atoms with Gasteiger partial charge < -0.3 is 5.73 Å². The Morgan fingerprint density at radius 3 is 2.83 bits per heavy atom. The maximum Gasteiger partial charge on any atom is 0.248 e. The first-order chi connectivity index (χ1) is 11.0. The monoisotopic (exact) mass is 312 g/mol. The minimum absolute atomic E-state index is 0.226. The van der Waals surface area contributed by atoms with E-state index in [1.807, 2.05) is 6.07 Å². The number of nitrogens with two attached hydrogens (primary N) is 1. The number of piperidine rings is 1. The molecular formula is C20H28N2O. The number of rotatable bonds is 4. The molecule has 1 aromatic rings. The maximum absolute atomic E-state index is 11.6. The molecule has 4 rings (SSSR count). The summed E-state index contributed by atoms with van der Waals surface area (Å²) in [6.07, 6.45) is 6.34. The zero-order valence-corrected chi connectivity index (χ0v) is 14.3. The highest BCUT2D eigenvalue weighted by Gasteiger charge is 2.50. The number of hydrogen-bond donors (Lipinski definition) is 1. The van der Waals surface area contributed by atoms with E-state index in [0.29, 0.717) is 17.5 Å². The largest absolute Gasteiger partial charge is 0.366 e. The molecule has 0 aromatic heterocycles. The van der Waals surface area contributed by atoms with Crippen molar-refractivity contribution in [1.29, 1.82) is 0 Å². The van der Waals surface area contributed by atoms with Crippen LogP contribution in [0.3, 0.4) is 0 Å². The third-order valence-electron chi connectivity index (χ3n) is 6.94. The van der Waals surface area contributed by atoms with Crippen molar-refractivity contribution >= 4 is 5.91 Å². The molecule has 1 saturated heterocycles. The van der Waals surface area contributed by atoms with E-state index in [9.17, 15) is 4.79 Å². The number of carbonyl (C=O) groups is 1. The number of likely N-dealkylation sites (tertiary alicyclic amines) is 1. The molecule has 3 nitrogen and oxygen atoms in total. The number of fused-ring (bicyclic) bond motifs is 4. The molecule has 1 saturated carbocycles. The van der Waals surface area contributed by atoms with Crippen LogP contribution in [-0.2, 0) is 11.8 Å². The fourth-order valence-electron chi connectivity index (χ4n) is 5.25. The molecule has 2 fully saturated rings. The highest BCUT2D eigenvalue weighted by Crippen LogP contribution is 2.51. The van der Waals surface area contributed by atoms with E-state index in [1.165, 1.54) is 43.5 Å². The van der Waals surface area contributed by atoms with Crippen molar-refractivity contribution in [3.8, 4) is 0 Å². The third kappa shape index (κ3) is 2.32. The second-order valence-corrected chi connectivity index (χ2v) is 7.99. The van der Waals surface area contributed by atoms with Crippen molar-refractivity contribution in [3.63, 3.8) is 0 Å². The predicted molar refractivity (Wildman–Crippen MR) is 92.5 cm³/mol. The van der Waals surface area contributed by atoms with E-state index in [0.717, 1.165) is 18.8 Å². The first-order valence-corrected chi connectivity index (χ1v) is 9.22. The lowest BCUT2D eigenvalue weighted by molar-refractivity contribution is 0.0180. The molecule has 2 bridgehead atoms. The van der Waals surface area contributed by atoms with Gasteiger partial charge in [-0.05, 0) is 73.7 Å². The Hall–Kier alpha value is -1.35. The van der Waals surface area contributed by atoms with E-state index in [4.69, 9.17) is 5.73 Å². The fraction of sp³-hybridized carbons (Fsp3) is 0.650. The highest BCUT2D eigenvalue weighted by atomic mass is 16.1. The second kappa shape index (κ2) is 5.34. The Balaban J connectivity index is 1.75. The van der Waals surface area contributed by atoms with Crippen LogP contribution in [0.25, 0.3) is 0 Å². The maximum atomic E-state index is 11.6. The lowest BCUT2D eigenvalue weighted by Gasteiger charge is -2.56. The van der Waals surface area contributed by atoms with E-state index in [-0.39, 0.29) is 11.3 Å². The zero-order chi connectivity index (χ0) is 16.2. The van der Waals surface area contributed by atoms with Gasteiger partial charge in [0, 0.05) is 23.6 Å². The molecule has 1 heterocycles. The summed E-state index contributed by atoms with van der Waals surface area (Å²) in [4.78, 5) is 14.4. The molecule has 0 radical (unpaired) electrons. The summed E-state index contributed by atoms with van der Waals surface area (Å²) in [7, 11) is 0. The van der Waals surface area contributed by atoms with Crippen LogP contribution in [0.4, 0.5) is 0 Å². The minimum atomic E-state index is -0.306. The van der Waals surface area contributed by atoms with Crippen LogP contribution in [-0.4, -0.2) is 29.9 Å². The Labute approximate surface area is 139 Å². The minimum Gasteiger partial charge on any atom is -0.366 e. The molecule has 1 amide bonds. The lowest BCUT2D eigenvalue weighted by atomic mass is 9.56. The van der Waals surface area contributed by atoms with Gasteiger partial charge in [0.1, 0.15) is 0 Å². The van der Waals surface area contributed by atoms with Crippen LogP contribution in [0.15, 0.2) is 18.2 Å². The van der Waals surface area contributed by atoms with Crippen LogP contribution in [0.5, 0.6) is 0 Å². The number of nitrogens with zero attached hydrogens (tertiary/aromatic N) is 1. The topological polar surface area (TPSA) is 46.3 Å². The average molecular weight is 312 g/mol. The van der Waals surface area contributed by atoms with Crippen molar-refractivity contribution in [2.75, 3.05) is 13.1 Å². The van der Waals surface area contributed by atoms with Gasteiger partial charge in [-0.15, -0.1) is 0 Å². The van der Waals surface area contributed by atoms with Crippen LogP contribution < -0.4 is 5.73 Å². The Bertz CT molecular complexity index is 637. The summed E-state index contributed by atoms with van der Waals surface area (Å²) in [6, 6.07) is 6.85. The van der Waals surface area contributed by atoms with E-state index in [1.54, 1.807) is 0 Å². The van der Waals surface area contributed by atoms with Gasteiger partial charge in [-0.2, -0.15) is 0 Å². The van der Waals surface area contributed by atoms with Gasteiger partial charge in [0.15, 0.2) is 0 Å². The Kier molecular flexibility index (Phi) is 3.53. The summed E-state index contributed by atoms with van der Waals surface area (Å²) in [5.74, 6) is 1.30. The number of amides is 1. The van der Waals surface area contributed by atoms with Gasteiger partial charge >= 0.3 is 0 Å². The predicted octanol–water partition coefficient (Wildman–Crippen LogP) is 3.11. The first-order valence-electron chi connectivity index (χ1n) is 9.22.